The molecule has 1 aromatic rings. The number of nitrogens with zero attached hydrogens (tertiary/aromatic N) is 3. The molecule has 0 bridgehead atoms. The maximum Gasteiger partial charge on any atom is 0.251 e. The summed E-state index contributed by atoms with van der Waals surface area (Å²) in [5.41, 5.74) is 1.07. The van der Waals surface area contributed by atoms with Crippen molar-refractivity contribution in [1.82, 2.24) is 15.1 Å². The zero-order valence-corrected chi connectivity index (χ0v) is 19.3. The lowest BCUT2D eigenvalue weighted by molar-refractivity contribution is -0.142. The lowest BCUT2D eigenvalue weighted by Gasteiger charge is -2.37. The molecule has 7 nitrogen and oxygen atoms in total. The quantitative estimate of drug-likeness (QED) is 0.273. The smallest absolute Gasteiger partial charge is 0.251 e. The zero-order chi connectivity index (χ0) is 19.8. The SMILES string of the molecule is C=CCOc1ccccc1CNC(=NC)N1CCN(C(=O)C2CCCO2)CC1.I. The molecule has 0 aliphatic carbocycles. The molecule has 3 rings (SSSR count). The Hall–Kier alpha value is -1.81. The van der Waals surface area contributed by atoms with Crippen molar-refractivity contribution in [2.45, 2.75) is 25.5 Å². The lowest BCUT2D eigenvalue weighted by atomic mass is 10.2. The van der Waals surface area contributed by atoms with Crippen molar-refractivity contribution in [1.29, 1.82) is 0 Å². The average Bonchev–Trinajstić information content (AvgIpc) is 3.28. The minimum Gasteiger partial charge on any atom is -0.489 e. The van der Waals surface area contributed by atoms with Crippen molar-refractivity contribution in [2.24, 2.45) is 4.99 Å². The summed E-state index contributed by atoms with van der Waals surface area (Å²) in [4.78, 5) is 21.0. The van der Waals surface area contributed by atoms with Gasteiger partial charge in [0, 0.05) is 51.9 Å². The summed E-state index contributed by atoms with van der Waals surface area (Å²) >= 11 is 0. The van der Waals surface area contributed by atoms with E-state index in [1.165, 1.54) is 0 Å². The van der Waals surface area contributed by atoms with Crippen LogP contribution in [0.4, 0.5) is 0 Å². The number of halogens is 1. The van der Waals surface area contributed by atoms with Crippen LogP contribution in [0.3, 0.4) is 0 Å². The maximum absolute atomic E-state index is 12.5. The fourth-order valence-corrected chi connectivity index (χ4v) is 3.56. The fourth-order valence-electron chi connectivity index (χ4n) is 3.56. The second-order valence-electron chi connectivity index (χ2n) is 6.92. The number of hydrogen-bond donors (Lipinski definition) is 1. The molecule has 0 saturated carbocycles. The van der Waals surface area contributed by atoms with E-state index in [4.69, 9.17) is 9.47 Å². The van der Waals surface area contributed by atoms with E-state index in [1.54, 1.807) is 13.1 Å². The van der Waals surface area contributed by atoms with E-state index < -0.39 is 0 Å². The first-order valence-corrected chi connectivity index (χ1v) is 9.90. The highest BCUT2D eigenvalue weighted by molar-refractivity contribution is 14.0. The Morgan fingerprint density at radius 2 is 2.03 bits per heavy atom. The van der Waals surface area contributed by atoms with Gasteiger partial charge in [-0.15, -0.1) is 24.0 Å². The van der Waals surface area contributed by atoms with Gasteiger partial charge in [0.2, 0.25) is 0 Å². The van der Waals surface area contributed by atoms with E-state index >= 15 is 0 Å². The molecule has 2 aliphatic heterocycles. The zero-order valence-electron chi connectivity index (χ0n) is 17.0. The highest BCUT2D eigenvalue weighted by Crippen LogP contribution is 2.18. The van der Waals surface area contributed by atoms with Gasteiger partial charge in [-0.05, 0) is 18.9 Å². The molecule has 29 heavy (non-hydrogen) atoms. The Labute approximate surface area is 190 Å². The van der Waals surface area contributed by atoms with Crippen LogP contribution >= 0.6 is 24.0 Å². The number of guanidine groups is 1. The predicted octanol–water partition coefficient (Wildman–Crippen LogP) is 2.27. The van der Waals surface area contributed by atoms with Gasteiger partial charge in [-0.1, -0.05) is 30.9 Å². The number of carbonyl (C=O) groups is 1. The molecule has 1 aromatic carbocycles. The third kappa shape index (κ3) is 6.33. The van der Waals surface area contributed by atoms with Crippen LogP contribution in [0.5, 0.6) is 5.75 Å². The van der Waals surface area contributed by atoms with Gasteiger partial charge in [-0.2, -0.15) is 0 Å². The van der Waals surface area contributed by atoms with Crippen molar-refractivity contribution >= 4 is 35.8 Å². The minimum absolute atomic E-state index is 0. The number of benzene rings is 1. The van der Waals surface area contributed by atoms with Crippen LogP contribution in [0.2, 0.25) is 0 Å². The highest BCUT2D eigenvalue weighted by Gasteiger charge is 2.30. The van der Waals surface area contributed by atoms with Gasteiger partial charge in [0.25, 0.3) is 5.91 Å². The number of aliphatic imine (C=N–C) groups is 1. The molecule has 2 saturated heterocycles. The van der Waals surface area contributed by atoms with Crippen LogP contribution < -0.4 is 10.1 Å². The van der Waals surface area contributed by atoms with Gasteiger partial charge in [-0.25, -0.2) is 0 Å². The number of para-hydroxylation sites is 1. The van der Waals surface area contributed by atoms with Crippen LogP contribution in [-0.4, -0.2) is 74.2 Å². The molecule has 2 heterocycles. The standard InChI is InChI=1S/C21H30N4O3.HI/c1-3-14-27-18-8-5-4-7-17(18)16-23-21(22-2)25-12-10-24(11-13-25)20(26)19-9-6-15-28-19;/h3-5,7-8,19H,1,6,9-16H2,2H3,(H,22,23);1H. The summed E-state index contributed by atoms with van der Waals surface area (Å²) < 4.78 is 11.3. The van der Waals surface area contributed by atoms with E-state index in [9.17, 15) is 4.79 Å². The van der Waals surface area contributed by atoms with Crippen LogP contribution in [0.1, 0.15) is 18.4 Å². The topological polar surface area (TPSA) is 66.4 Å². The number of ether oxygens (including phenoxy) is 2. The van der Waals surface area contributed by atoms with E-state index in [1.807, 2.05) is 29.2 Å². The summed E-state index contributed by atoms with van der Waals surface area (Å²) in [5.74, 6) is 1.81. The molecule has 160 valence electrons. The number of rotatable bonds is 6. The van der Waals surface area contributed by atoms with Crippen molar-refractivity contribution in [3.05, 3.63) is 42.5 Å². The van der Waals surface area contributed by atoms with Gasteiger partial charge in [0.05, 0.1) is 0 Å². The normalized spacial score (nSPS) is 19.5. The van der Waals surface area contributed by atoms with Crippen molar-refractivity contribution in [3.8, 4) is 5.75 Å². The second kappa shape index (κ2) is 12.0. The number of piperazine rings is 1. The average molecular weight is 514 g/mol. The molecular weight excluding hydrogens is 483 g/mol. The third-order valence-corrected chi connectivity index (χ3v) is 5.07. The molecular formula is C21H31IN4O3. The highest BCUT2D eigenvalue weighted by atomic mass is 127. The number of carbonyl (C=O) groups excluding carboxylic acids is 1. The molecule has 0 radical (unpaired) electrons. The van der Waals surface area contributed by atoms with Gasteiger partial charge in [0.1, 0.15) is 18.5 Å². The fraction of sp³-hybridized carbons (Fsp3) is 0.524. The van der Waals surface area contributed by atoms with Crippen LogP contribution in [0.15, 0.2) is 41.9 Å². The van der Waals surface area contributed by atoms with E-state index in [2.05, 4.69) is 21.8 Å². The van der Waals surface area contributed by atoms with Gasteiger partial charge >= 0.3 is 0 Å². The number of amides is 1. The van der Waals surface area contributed by atoms with Crippen LogP contribution in [-0.2, 0) is 16.1 Å². The van der Waals surface area contributed by atoms with Crippen LogP contribution in [0, 0.1) is 0 Å². The molecule has 1 amide bonds. The Morgan fingerprint density at radius 3 is 2.69 bits per heavy atom. The second-order valence-corrected chi connectivity index (χ2v) is 6.92. The van der Waals surface area contributed by atoms with Gasteiger partial charge in [-0.3, -0.25) is 9.79 Å². The summed E-state index contributed by atoms with van der Waals surface area (Å²) in [7, 11) is 1.78. The first-order chi connectivity index (χ1) is 13.7. The molecule has 2 aliphatic rings. The molecule has 1 N–H and O–H groups in total. The maximum atomic E-state index is 12.5. The summed E-state index contributed by atoms with van der Waals surface area (Å²) in [6, 6.07) is 7.95. The van der Waals surface area contributed by atoms with Crippen molar-refractivity contribution in [2.75, 3.05) is 46.4 Å². The molecule has 1 atom stereocenters. The Morgan fingerprint density at radius 1 is 1.31 bits per heavy atom. The third-order valence-electron chi connectivity index (χ3n) is 5.07. The van der Waals surface area contributed by atoms with Crippen molar-refractivity contribution < 1.29 is 14.3 Å². The molecule has 0 spiro atoms. The minimum atomic E-state index is -0.240. The summed E-state index contributed by atoms with van der Waals surface area (Å²) in [5, 5.41) is 3.41. The van der Waals surface area contributed by atoms with E-state index in [0.29, 0.717) is 32.8 Å². The van der Waals surface area contributed by atoms with E-state index in [0.717, 1.165) is 43.2 Å². The first-order valence-electron chi connectivity index (χ1n) is 9.90. The number of nitrogens with one attached hydrogen (secondary N) is 1. The molecule has 8 heteroatoms. The molecule has 2 fully saturated rings. The Balaban J connectivity index is 0.00000300. The Bertz CT molecular complexity index is 699. The lowest BCUT2D eigenvalue weighted by Crippen LogP contribution is -2.55. The monoisotopic (exact) mass is 514 g/mol. The largest absolute Gasteiger partial charge is 0.489 e. The first kappa shape index (κ1) is 23.5. The number of hydrogen-bond acceptors (Lipinski definition) is 4. The van der Waals surface area contributed by atoms with Crippen LogP contribution in [0.25, 0.3) is 0 Å². The van der Waals surface area contributed by atoms with Gasteiger partial charge in [0.15, 0.2) is 5.96 Å². The predicted molar refractivity (Wildman–Crippen MR) is 125 cm³/mol. The molecule has 0 aromatic heterocycles. The summed E-state index contributed by atoms with van der Waals surface area (Å²) in [6.07, 6.45) is 3.32. The van der Waals surface area contributed by atoms with E-state index in [-0.39, 0.29) is 36.0 Å². The van der Waals surface area contributed by atoms with Gasteiger partial charge < -0.3 is 24.6 Å². The molecule has 1 unspecified atom stereocenters. The Kier molecular flexibility index (Phi) is 9.72. The summed E-state index contributed by atoms with van der Waals surface area (Å²) in [6.45, 7) is 8.39. The van der Waals surface area contributed by atoms with Crippen molar-refractivity contribution in [3.63, 3.8) is 0 Å².